The average molecular weight is 483 g/mol. The van der Waals surface area contributed by atoms with Gasteiger partial charge in [0.1, 0.15) is 5.75 Å². The summed E-state index contributed by atoms with van der Waals surface area (Å²) in [5.41, 5.74) is 8.30. The number of rotatable bonds is 9. The van der Waals surface area contributed by atoms with Gasteiger partial charge in [-0.1, -0.05) is 23.9 Å². The maximum atomic E-state index is 12.3. The van der Waals surface area contributed by atoms with Crippen LogP contribution in [0.1, 0.15) is 34.2 Å². The van der Waals surface area contributed by atoms with E-state index in [4.69, 9.17) is 4.74 Å². The number of aromatic nitrogens is 2. The zero-order chi connectivity index (χ0) is 23.6. The van der Waals surface area contributed by atoms with Crippen molar-refractivity contribution in [1.82, 2.24) is 20.8 Å². The van der Waals surface area contributed by atoms with Gasteiger partial charge in [0.15, 0.2) is 5.16 Å². The Morgan fingerprint density at radius 2 is 1.58 bits per heavy atom. The molecule has 2 N–H and O–H groups in total. The standard InChI is InChI=1S/C24H26N4O3S2/c1-4-31-20-9-11-21(12-10-20)32-15-22(29)27-28-23(30)19-7-5-18(6-8-19)14-33-24-25-16(2)13-17(3)26-24/h5-13H,4,14-15H2,1-3H3,(H,27,29)(H,28,30). The van der Waals surface area contributed by atoms with E-state index in [2.05, 4.69) is 20.8 Å². The molecule has 3 rings (SSSR count). The molecule has 0 radical (unpaired) electrons. The lowest BCUT2D eigenvalue weighted by Gasteiger charge is -2.08. The molecule has 1 aromatic heterocycles. The molecular formula is C24H26N4O3S2. The van der Waals surface area contributed by atoms with Gasteiger partial charge in [-0.25, -0.2) is 9.97 Å². The van der Waals surface area contributed by atoms with Crippen LogP contribution in [0.2, 0.25) is 0 Å². The highest BCUT2D eigenvalue weighted by Gasteiger charge is 2.09. The first kappa shape index (κ1) is 24.6. The predicted octanol–water partition coefficient (Wildman–Crippen LogP) is 4.34. The maximum absolute atomic E-state index is 12.3. The van der Waals surface area contributed by atoms with Gasteiger partial charge in [0.25, 0.3) is 5.91 Å². The molecule has 0 saturated heterocycles. The fraction of sp³-hybridized carbons (Fsp3) is 0.250. The van der Waals surface area contributed by atoms with E-state index in [0.29, 0.717) is 17.9 Å². The first-order valence-corrected chi connectivity index (χ1v) is 12.4. The van der Waals surface area contributed by atoms with Gasteiger partial charge in [0.05, 0.1) is 12.4 Å². The third kappa shape index (κ3) is 8.11. The molecule has 0 saturated carbocycles. The summed E-state index contributed by atoms with van der Waals surface area (Å²) in [6.07, 6.45) is 0. The first-order valence-electron chi connectivity index (χ1n) is 10.4. The molecule has 33 heavy (non-hydrogen) atoms. The highest BCUT2D eigenvalue weighted by molar-refractivity contribution is 8.00. The Bertz CT molecular complexity index is 1070. The lowest BCUT2D eigenvalue weighted by atomic mass is 10.1. The second kappa shape index (κ2) is 12.3. The van der Waals surface area contributed by atoms with Gasteiger partial charge in [0, 0.05) is 27.6 Å². The number of nitrogens with zero attached hydrogens (tertiary/aromatic N) is 2. The van der Waals surface area contributed by atoms with E-state index >= 15 is 0 Å². The Balaban J connectivity index is 1.41. The topological polar surface area (TPSA) is 93.2 Å². The van der Waals surface area contributed by atoms with Gasteiger partial charge >= 0.3 is 0 Å². The van der Waals surface area contributed by atoms with Crippen LogP contribution in [-0.2, 0) is 10.5 Å². The van der Waals surface area contributed by atoms with Gasteiger partial charge in [-0.3, -0.25) is 20.4 Å². The molecule has 9 heteroatoms. The number of hydrogen-bond donors (Lipinski definition) is 2. The summed E-state index contributed by atoms with van der Waals surface area (Å²) in [7, 11) is 0. The highest BCUT2D eigenvalue weighted by Crippen LogP contribution is 2.22. The highest BCUT2D eigenvalue weighted by atomic mass is 32.2. The number of amides is 2. The quantitative estimate of drug-likeness (QED) is 0.266. The number of nitrogens with one attached hydrogen (secondary N) is 2. The molecule has 3 aromatic rings. The molecule has 0 atom stereocenters. The van der Waals surface area contributed by atoms with E-state index in [1.54, 1.807) is 23.9 Å². The molecule has 2 amide bonds. The van der Waals surface area contributed by atoms with Crippen LogP contribution in [0.5, 0.6) is 5.75 Å². The van der Waals surface area contributed by atoms with Crippen molar-refractivity contribution in [3.63, 3.8) is 0 Å². The second-order valence-electron chi connectivity index (χ2n) is 7.11. The molecule has 0 aliphatic carbocycles. The van der Waals surface area contributed by atoms with Gasteiger partial charge in [0.2, 0.25) is 5.91 Å². The van der Waals surface area contributed by atoms with E-state index in [9.17, 15) is 9.59 Å². The van der Waals surface area contributed by atoms with Crippen molar-refractivity contribution in [3.05, 3.63) is 77.1 Å². The van der Waals surface area contributed by atoms with E-state index in [0.717, 1.165) is 32.8 Å². The Hall–Kier alpha value is -3.04. The van der Waals surface area contributed by atoms with Gasteiger partial charge in [-0.15, -0.1) is 11.8 Å². The molecule has 0 aliphatic rings. The number of carbonyl (C=O) groups excluding carboxylic acids is 2. The lowest BCUT2D eigenvalue weighted by molar-refractivity contribution is -0.119. The van der Waals surface area contributed by atoms with Crippen molar-refractivity contribution in [2.75, 3.05) is 12.4 Å². The van der Waals surface area contributed by atoms with E-state index in [-0.39, 0.29) is 17.6 Å². The van der Waals surface area contributed by atoms with Gasteiger partial charge in [-0.2, -0.15) is 0 Å². The minimum Gasteiger partial charge on any atom is -0.494 e. The minimum absolute atomic E-state index is 0.185. The summed E-state index contributed by atoms with van der Waals surface area (Å²) >= 11 is 2.93. The number of ether oxygens (including phenoxy) is 1. The van der Waals surface area contributed by atoms with Crippen LogP contribution < -0.4 is 15.6 Å². The molecule has 7 nitrogen and oxygen atoms in total. The van der Waals surface area contributed by atoms with Crippen LogP contribution in [0, 0.1) is 13.8 Å². The van der Waals surface area contributed by atoms with Crippen molar-refractivity contribution in [3.8, 4) is 5.75 Å². The van der Waals surface area contributed by atoms with Crippen molar-refractivity contribution < 1.29 is 14.3 Å². The Morgan fingerprint density at radius 3 is 2.21 bits per heavy atom. The van der Waals surface area contributed by atoms with E-state index in [1.807, 2.05) is 63.2 Å². The van der Waals surface area contributed by atoms with E-state index < -0.39 is 0 Å². The SMILES string of the molecule is CCOc1ccc(SCC(=O)NNC(=O)c2ccc(CSc3nc(C)cc(C)n3)cc2)cc1. The summed E-state index contributed by atoms with van der Waals surface area (Å²) in [4.78, 5) is 34.2. The van der Waals surface area contributed by atoms with Crippen molar-refractivity contribution in [2.45, 2.75) is 36.6 Å². The fourth-order valence-corrected chi connectivity index (χ4v) is 4.44. The smallest absolute Gasteiger partial charge is 0.269 e. The van der Waals surface area contributed by atoms with Crippen LogP contribution in [0.25, 0.3) is 0 Å². The summed E-state index contributed by atoms with van der Waals surface area (Å²) in [5.74, 6) is 1.02. The van der Waals surface area contributed by atoms with Crippen molar-refractivity contribution >= 4 is 35.3 Å². The van der Waals surface area contributed by atoms with E-state index in [1.165, 1.54) is 11.8 Å². The molecular weight excluding hydrogens is 456 g/mol. The van der Waals surface area contributed by atoms with Crippen LogP contribution in [0.15, 0.2) is 64.6 Å². The van der Waals surface area contributed by atoms with Crippen LogP contribution in [0.3, 0.4) is 0 Å². The molecule has 0 fully saturated rings. The Kier molecular flexibility index (Phi) is 9.14. The number of hydrazine groups is 1. The summed E-state index contributed by atoms with van der Waals surface area (Å²) in [6, 6.07) is 16.7. The van der Waals surface area contributed by atoms with Gasteiger partial charge in [-0.05, 0) is 68.8 Å². The lowest BCUT2D eigenvalue weighted by Crippen LogP contribution is -2.42. The summed E-state index contributed by atoms with van der Waals surface area (Å²) in [6.45, 7) is 6.43. The molecule has 0 aliphatic heterocycles. The number of aryl methyl sites for hydroxylation is 2. The molecule has 0 spiro atoms. The summed E-state index contributed by atoms with van der Waals surface area (Å²) in [5, 5.41) is 0.736. The number of carbonyl (C=O) groups is 2. The number of thioether (sulfide) groups is 2. The van der Waals surface area contributed by atoms with Crippen molar-refractivity contribution in [1.29, 1.82) is 0 Å². The largest absolute Gasteiger partial charge is 0.494 e. The minimum atomic E-state index is -0.369. The third-order valence-corrected chi connectivity index (χ3v) is 6.30. The molecule has 0 bridgehead atoms. The average Bonchev–Trinajstić information content (AvgIpc) is 2.81. The second-order valence-corrected chi connectivity index (χ2v) is 9.11. The molecule has 2 aromatic carbocycles. The maximum Gasteiger partial charge on any atom is 0.269 e. The molecule has 172 valence electrons. The number of hydrogen-bond acceptors (Lipinski definition) is 7. The first-order chi connectivity index (χ1) is 15.9. The van der Waals surface area contributed by atoms with Crippen molar-refractivity contribution in [2.24, 2.45) is 0 Å². The predicted molar refractivity (Wildman–Crippen MR) is 131 cm³/mol. The normalized spacial score (nSPS) is 10.5. The van der Waals surface area contributed by atoms with Crippen LogP contribution in [-0.4, -0.2) is 34.1 Å². The zero-order valence-electron chi connectivity index (χ0n) is 18.8. The molecule has 0 unspecified atom stereocenters. The molecule has 1 heterocycles. The number of benzene rings is 2. The Labute approximate surface area is 202 Å². The third-order valence-electron chi connectivity index (χ3n) is 4.37. The van der Waals surface area contributed by atoms with Gasteiger partial charge < -0.3 is 4.74 Å². The summed E-state index contributed by atoms with van der Waals surface area (Å²) < 4.78 is 5.40. The Morgan fingerprint density at radius 1 is 0.909 bits per heavy atom. The zero-order valence-corrected chi connectivity index (χ0v) is 20.4. The fourth-order valence-electron chi connectivity index (χ4n) is 2.84. The monoisotopic (exact) mass is 482 g/mol. The van der Waals surface area contributed by atoms with Crippen LogP contribution >= 0.6 is 23.5 Å². The van der Waals surface area contributed by atoms with Crippen LogP contribution in [0.4, 0.5) is 0 Å².